The molecule has 0 aliphatic carbocycles. The van der Waals surface area contributed by atoms with Gasteiger partial charge in [0.2, 0.25) is 0 Å². The Balaban J connectivity index is 2.06. The van der Waals surface area contributed by atoms with Crippen LogP contribution in [-0.2, 0) is 0 Å². The standard InChI is InChI=1S/C15H12BrN3O/c1-9-2-3-13(11(17)6-9)20-14-4-5-18-12-7-10(16)8-19-15(12)14/h2-8H,17H2,1H3. The highest BCUT2D eigenvalue weighted by atomic mass is 79.9. The number of aromatic nitrogens is 2. The van der Waals surface area contributed by atoms with Crippen molar-refractivity contribution in [2.45, 2.75) is 6.92 Å². The minimum absolute atomic E-state index is 0.604. The van der Waals surface area contributed by atoms with Crippen molar-refractivity contribution in [1.29, 1.82) is 0 Å². The van der Waals surface area contributed by atoms with Gasteiger partial charge in [0.05, 0.1) is 11.2 Å². The first-order chi connectivity index (χ1) is 9.63. The summed E-state index contributed by atoms with van der Waals surface area (Å²) in [6.07, 6.45) is 3.41. The second kappa shape index (κ2) is 5.09. The summed E-state index contributed by atoms with van der Waals surface area (Å²) in [6.45, 7) is 1.99. The number of hydrogen-bond acceptors (Lipinski definition) is 4. The van der Waals surface area contributed by atoms with Crippen molar-refractivity contribution in [3.8, 4) is 11.5 Å². The Morgan fingerprint density at radius 3 is 2.75 bits per heavy atom. The fourth-order valence-electron chi connectivity index (χ4n) is 1.94. The zero-order valence-corrected chi connectivity index (χ0v) is 12.4. The van der Waals surface area contributed by atoms with Gasteiger partial charge in [0.1, 0.15) is 11.3 Å². The summed E-state index contributed by atoms with van der Waals surface area (Å²) in [5.74, 6) is 1.26. The molecule has 2 N–H and O–H groups in total. The smallest absolute Gasteiger partial charge is 0.156 e. The number of nitrogens with zero attached hydrogens (tertiary/aromatic N) is 2. The topological polar surface area (TPSA) is 61.0 Å². The first-order valence-electron chi connectivity index (χ1n) is 6.08. The molecule has 0 atom stereocenters. The monoisotopic (exact) mass is 329 g/mol. The average Bonchev–Trinajstić information content (AvgIpc) is 2.41. The number of pyridine rings is 2. The molecule has 3 rings (SSSR count). The predicted molar refractivity (Wildman–Crippen MR) is 82.9 cm³/mol. The van der Waals surface area contributed by atoms with E-state index >= 15 is 0 Å². The third-order valence-corrected chi connectivity index (χ3v) is 3.33. The highest BCUT2D eigenvalue weighted by molar-refractivity contribution is 9.10. The number of rotatable bonds is 2. The lowest BCUT2D eigenvalue weighted by atomic mass is 10.2. The largest absolute Gasteiger partial charge is 0.453 e. The summed E-state index contributed by atoms with van der Waals surface area (Å²) >= 11 is 3.38. The molecule has 0 unspecified atom stereocenters. The van der Waals surface area contributed by atoms with Crippen LogP contribution in [0.3, 0.4) is 0 Å². The molecular weight excluding hydrogens is 318 g/mol. The molecule has 0 radical (unpaired) electrons. The van der Waals surface area contributed by atoms with Gasteiger partial charge < -0.3 is 10.5 Å². The molecule has 0 aliphatic rings. The number of aryl methyl sites for hydroxylation is 1. The van der Waals surface area contributed by atoms with Crippen LogP contribution in [0.5, 0.6) is 11.5 Å². The maximum absolute atomic E-state index is 5.97. The quantitative estimate of drug-likeness (QED) is 0.720. The molecular formula is C15H12BrN3O. The Hall–Kier alpha value is -2.14. The molecule has 4 nitrogen and oxygen atoms in total. The van der Waals surface area contributed by atoms with E-state index in [0.717, 1.165) is 15.6 Å². The predicted octanol–water partition coefficient (Wildman–Crippen LogP) is 4.08. The highest BCUT2D eigenvalue weighted by Gasteiger charge is 2.08. The Bertz CT molecular complexity index is 789. The molecule has 0 saturated heterocycles. The molecule has 0 fully saturated rings. The van der Waals surface area contributed by atoms with E-state index in [0.29, 0.717) is 22.7 Å². The number of benzene rings is 1. The molecule has 2 aromatic heterocycles. The van der Waals surface area contributed by atoms with Crippen LogP contribution in [-0.4, -0.2) is 9.97 Å². The van der Waals surface area contributed by atoms with Crippen molar-refractivity contribution in [2.75, 3.05) is 5.73 Å². The van der Waals surface area contributed by atoms with Gasteiger partial charge in [-0.25, -0.2) is 4.98 Å². The van der Waals surface area contributed by atoms with Crippen molar-refractivity contribution in [3.05, 3.63) is 52.8 Å². The molecule has 0 amide bonds. The fraction of sp³-hybridized carbons (Fsp3) is 0.0667. The average molecular weight is 330 g/mol. The van der Waals surface area contributed by atoms with Gasteiger partial charge in [0.25, 0.3) is 0 Å². The third kappa shape index (κ3) is 2.44. The van der Waals surface area contributed by atoms with Gasteiger partial charge in [-0.15, -0.1) is 0 Å². The van der Waals surface area contributed by atoms with E-state index in [2.05, 4.69) is 25.9 Å². The summed E-state index contributed by atoms with van der Waals surface area (Å²) < 4.78 is 6.75. The minimum Gasteiger partial charge on any atom is -0.453 e. The van der Waals surface area contributed by atoms with Gasteiger partial charge in [0, 0.05) is 22.9 Å². The lowest BCUT2D eigenvalue weighted by Gasteiger charge is -2.10. The molecule has 100 valence electrons. The Labute approximate surface area is 124 Å². The van der Waals surface area contributed by atoms with Crippen LogP contribution in [0.15, 0.2) is 47.2 Å². The van der Waals surface area contributed by atoms with Gasteiger partial charge in [-0.3, -0.25) is 4.98 Å². The number of halogens is 1. The minimum atomic E-state index is 0.604. The molecule has 0 spiro atoms. The molecule has 3 aromatic rings. The summed E-state index contributed by atoms with van der Waals surface area (Å²) in [5, 5.41) is 0. The summed E-state index contributed by atoms with van der Waals surface area (Å²) in [4.78, 5) is 8.63. The first kappa shape index (κ1) is 12.9. The Morgan fingerprint density at radius 2 is 1.95 bits per heavy atom. The SMILES string of the molecule is Cc1ccc(Oc2ccnc3cc(Br)cnc23)c(N)c1. The van der Waals surface area contributed by atoms with E-state index < -0.39 is 0 Å². The van der Waals surface area contributed by atoms with E-state index in [4.69, 9.17) is 10.5 Å². The lowest BCUT2D eigenvalue weighted by molar-refractivity contribution is 0.489. The molecule has 0 saturated carbocycles. The van der Waals surface area contributed by atoms with Crippen LogP contribution in [0.2, 0.25) is 0 Å². The van der Waals surface area contributed by atoms with Crippen molar-refractivity contribution in [3.63, 3.8) is 0 Å². The summed E-state index contributed by atoms with van der Waals surface area (Å²) in [5.41, 5.74) is 9.14. The Morgan fingerprint density at radius 1 is 1.10 bits per heavy atom. The highest BCUT2D eigenvalue weighted by Crippen LogP contribution is 2.31. The van der Waals surface area contributed by atoms with E-state index in [-0.39, 0.29) is 0 Å². The number of anilines is 1. The molecule has 1 aromatic carbocycles. The lowest BCUT2D eigenvalue weighted by Crippen LogP contribution is -1.94. The van der Waals surface area contributed by atoms with Gasteiger partial charge >= 0.3 is 0 Å². The van der Waals surface area contributed by atoms with Gasteiger partial charge in [-0.2, -0.15) is 0 Å². The van der Waals surface area contributed by atoms with Crippen LogP contribution in [0, 0.1) is 6.92 Å². The number of nitrogen functional groups attached to an aromatic ring is 1. The van der Waals surface area contributed by atoms with Gasteiger partial charge in [0.15, 0.2) is 5.75 Å². The van der Waals surface area contributed by atoms with Crippen LogP contribution >= 0.6 is 15.9 Å². The van der Waals surface area contributed by atoms with Crippen LogP contribution < -0.4 is 10.5 Å². The normalized spacial score (nSPS) is 10.7. The molecule has 2 heterocycles. The van der Waals surface area contributed by atoms with E-state index in [1.54, 1.807) is 18.5 Å². The Kier molecular flexibility index (Phi) is 3.28. The second-order valence-corrected chi connectivity index (χ2v) is 5.39. The van der Waals surface area contributed by atoms with Crippen LogP contribution in [0.4, 0.5) is 5.69 Å². The van der Waals surface area contributed by atoms with E-state index in [9.17, 15) is 0 Å². The summed E-state index contributed by atoms with van der Waals surface area (Å²) in [7, 11) is 0. The molecule has 0 bridgehead atoms. The van der Waals surface area contributed by atoms with Crippen LogP contribution in [0.25, 0.3) is 11.0 Å². The number of nitrogens with two attached hydrogens (primary N) is 1. The number of fused-ring (bicyclic) bond motifs is 1. The van der Waals surface area contributed by atoms with Gasteiger partial charge in [-0.1, -0.05) is 6.07 Å². The van der Waals surface area contributed by atoms with Crippen LogP contribution in [0.1, 0.15) is 5.56 Å². The second-order valence-electron chi connectivity index (χ2n) is 4.47. The number of hydrogen-bond donors (Lipinski definition) is 1. The third-order valence-electron chi connectivity index (χ3n) is 2.89. The van der Waals surface area contributed by atoms with Crippen molar-refractivity contribution < 1.29 is 4.74 Å². The van der Waals surface area contributed by atoms with Crippen molar-refractivity contribution >= 4 is 32.7 Å². The van der Waals surface area contributed by atoms with E-state index in [1.165, 1.54) is 0 Å². The fourth-order valence-corrected chi connectivity index (χ4v) is 2.26. The zero-order chi connectivity index (χ0) is 14.1. The first-order valence-corrected chi connectivity index (χ1v) is 6.87. The van der Waals surface area contributed by atoms with Gasteiger partial charge in [-0.05, 0) is 46.6 Å². The number of ether oxygens (including phenoxy) is 1. The maximum atomic E-state index is 5.97. The van der Waals surface area contributed by atoms with E-state index in [1.807, 2.05) is 31.2 Å². The van der Waals surface area contributed by atoms with Crippen molar-refractivity contribution in [1.82, 2.24) is 9.97 Å². The van der Waals surface area contributed by atoms with Crippen molar-refractivity contribution in [2.24, 2.45) is 0 Å². The maximum Gasteiger partial charge on any atom is 0.156 e. The molecule has 5 heteroatoms. The molecule has 0 aliphatic heterocycles. The summed E-state index contributed by atoms with van der Waals surface area (Å²) in [6, 6.07) is 9.37. The zero-order valence-electron chi connectivity index (χ0n) is 10.8. The molecule has 20 heavy (non-hydrogen) atoms.